The van der Waals surface area contributed by atoms with Gasteiger partial charge in [0.1, 0.15) is 0 Å². The molecular weight excluding hydrogens is 130 g/mol. The topological polar surface area (TPSA) is 26.0 Å². The molecule has 0 aromatic rings. The third kappa shape index (κ3) is 5.93. The maximum atomic E-state index is 5.69. The zero-order valence-electron chi connectivity index (χ0n) is 5.97. The Kier molecular flexibility index (Phi) is 6.21. The monoisotopic (exact) mass is 145 g/mol. The van der Waals surface area contributed by atoms with E-state index < -0.39 is 0 Å². The molecule has 1 nitrogen and oxygen atoms in total. The van der Waals surface area contributed by atoms with Gasteiger partial charge in [0.15, 0.2) is 0 Å². The molecule has 9 heavy (non-hydrogen) atoms. The van der Waals surface area contributed by atoms with E-state index in [0.29, 0.717) is 6.04 Å². The third-order valence-corrected chi connectivity index (χ3v) is 1.81. The lowest BCUT2D eigenvalue weighted by Gasteiger charge is -2.05. The van der Waals surface area contributed by atoms with Crippen LogP contribution in [0.4, 0.5) is 0 Å². The van der Waals surface area contributed by atoms with E-state index in [0.717, 1.165) is 18.6 Å². The van der Waals surface area contributed by atoms with Crippen molar-refractivity contribution in [1.82, 2.24) is 0 Å². The van der Waals surface area contributed by atoms with Crippen LogP contribution in [0, 0.1) is 0 Å². The molecule has 0 heterocycles. The van der Waals surface area contributed by atoms with E-state index in [1.807, 2.05) is 17.8 Å². The molecule has 1 unspecified atom stereocenters. The van der Waals surface area contributed by atoms with Gasteiger partial charge in [-0.1, -0.05) is 6.08 Å². The molecule has 0 aliphatic carbocycles. The van der Waals surface area contributed by atoms with Crippen LogP contribution < -0.4 is 5.73 Å². The molecule has 0 rings (SSSR count). The second-order valence-corrected chi connectivity index (χ2v) is 3.05. The lowest BCUT2D eigenvalue weighted by Crippen LogP contribution is -2.19. The first-order chi connectivity index (χ1) is 4.31. The van der Waals surface area contributed by atoms with Crippen molar-refractivity contribution in [3.63, 3.8) is 0 Å². The van der Waals surface area contributed by atoms with Gasteiger partial charge in [-0.15, -0.1) is 6.58 Å². The van der Waals surface area contributed by atoms with Crippen LogP contribution in [0.15, 0.2) is 12.7 Å². The van der Waals surface area contributed by atoms with Crippen molar-refractivity contribution in [3.05, 3.63) is 12.7 Å². The maximum Gasteiger partial charge on any atom is 0.00811 e. The van der Waals surface area contributed by atoms with E-state index in [1.54, 1.807) is 0 Å². The number of thioether (sulfide) groups is 1. The van der Waals surface area contributed by atoms with Gasteiger partial charge in [0.25, 0.3) is 0 Å². The van der Waals surface area contributed by atoms with Gasteiger partial charge in [-0.3, -0.25) is 0 Å². The molecule has 0 aromatic carbocycles. The summed E-state index contributed by atoms with van der Waals surface area (Å²) < 4.78 is 0. The Morgan fingerprint density at radius 2 is 2.44 bits per heavy atom. The Bertz CT molecular complexity index is 73.3. The molecule has 0 radical (unpaired) electrons. The van der Waals surface area contributed by atoms with E-state index in [9.17, 15) is 0 Å². The molecule has 0 aliphatic heterocycles. The normalized spacial score (nSPS) is 13.1. The fourth-order valence-electron chi connectivity index (χ4n) is 0.601. The summed E-state index contributed by atoms with van der Waals surface area (Å²) in [4.78, 5) is 0. The van der Waals surface area contributed by atoms with E-state index in [4.69, 9.17) is 5.73 Å². The molecule has 2 N–H and O–H groups in total. The van der Waals surface area contributed by atoms with Crippen molar-refractivity contribution in [2.45, 2.75) is 18.9 Å². The summed E-state index contributed by atoms with van der Waals surface area (Å²) in [5, 5.41) is 0. The van der Waals surface area contributed by atoms with Crippen LogP contribution in [0.1, 0.15) is 12.8 Å². The average molecular weight is 145 g/mol. The Hall–Kier alpha value is 0.0500. The van der Waals surface area contributed by atoms with Crippen LogP contribution in [0.3, 0.4) is 0 Å². The van der Waals surface area contributed by atoms with Gasteiger partial charge in [-0.25, -0.2) is 0 Å². The maximum absolute atomic E-state index is 5.69. The van der Waals surface area contributed by atoms with Gasteiger partial charge in [0.2, 0.25) is 0 Å². The van der Waals surface area contributed by atoms with Crippen molar-refractivity contribution in [1.29, 1.82) is 0 Å². The molecule has 0 saturated heterocycles. The zero-order valence-corrected chi connectivity index (χ0v) is 6.79. The van der Waals surface area contributed by atoms with Gasteiger partial charge in [-0.2, -0.15) is 11.8 Å². The number of nitrogens with two attached hydrogens (primary N) is 1. The lowest BCUT2D eigenvalue weighted by atomic mass is 10.2. The van der Waals surface area contributed by atoms with E-state index in [2.05, 4.69) is 12.8 Å². The van der Waals surface area contributed by atoms with Crippen LogP contribution in [0.25, 0.3) is 0 Å². The van der Waals surface area contributed by atoms with Crippen molar-refractivity contribution in [2.24, 2.45) is 5.73 Å². The Balaban J connectivity index is 3.04. The summed E-state index contributed by atoms with van der Waals surface area (Å²) in [7, 11) is 0. The molecular formula is C7H15NS. The quantitative estimate of drug-likeness (QED) is 0.595. The van der Waals surface area contributed by atoms with Gasteiger partial charge in [0.05, 0.1) is 0 Å². The standard InChI is InChI=1S/C7H15NS/c1-3-4-7(8)5-6-9-2/h3,7H,1,4-6,8H2,2H3. The highest BCUT2D eigenvalue weighted by molar-refractivity contribution is 7.98. The summed E-state index contributed by atoms with van der Waals surface area (Å²) >= 11 is 1.84. The molecule has 0 aliphatic rings. The number of rotatable bonds is 5. The molecule has 0 aromatic heterocycles. The highest BCUT2D eigenvalue weighted by Crippen LogP contribution is 2.01. The first kappa shape index (κ1) is 9.05. The van der Waals surface area contributed by atoms with Gasteiger partial charge >= 0.3 is 0 Å². The number of hydrogen-bond acceptors (Lipinski definition) is 2. The second kappa shape index (κ2) is 6.17. The van der Waals surface area contributed by atoms with Crippen molar-refractivity contribution < 1.29 is 0 Å². The fourth-order valence-corrected chi connectivity index (χ4v) is 1.14. The Labute approximate surface area is 61.7 Å². The van der Waals surface area contributed by atoms with E-state index in [1.165, 1.54) is 0 Å². The van der Waals surface area contributed by atoms with Gasteiger partial charge in [-0.05, 0) is 24.9 Å². The van der Waals surface area contributed by atoms with Crippen LogP contribution in [0.2, 0.25) is 0 Å². The summed E-state index contributed by atoms with van der Waals surface area (Å²) in [5.41, 5.74) is 5.69. The number of hydrogen-bond donors (Lipinski definition) is 1. The highest BCUT2D eigenvalue weighted by Gasteiger charge is 1.96. The molecule has 0 spiro atoms. The first-order valence-corrected chi connectivity index (χ1v) is 4.56. The van der Waals surface area contributed by atoms with E-state index in [-0.39, 0.29) is 0 Å². The summed E-state index contributed by atoms with van der Waals surface area (Å²) in [6, 6.07) is 0.329. The minimum absolute atomic E-state index is 0.329. The van der Waals surface area contributed by atoms with E-state index >= 15 is 0 Å². The van der Waals surface area contributed by atoms with Crippen LogP contribution in [-0.2, 0) is 0 Å². The molecule has 54 valence electrons. The predicted octanol–water partition coefficient (Wildman–Crippen LogP) is 1.64. The van der Waals surface area contributed by atoms with Crippen LogP contribution in [-0.4, -0.2) is 18.1 Å². The predicted molar refractivity (Wildman–Crippen MR) is 45.8 cm³/mol. The SMILES string of the molecule is C=CCC(N)CCSC. The van der Waals surface area contributed by atoms with Gasteiger partial charge in [0, 0.05) is 6.04 Å². The minimum atomic E-state index is 0.329. The van der Waals surface area contributed by atoms with Crippen LogP contribution in [0.5, 0.6) is 0 Å². The smallest absolute Gasteiger partial charge is 0.00811 e. The van der Waals surface area contributed by atoms with Crippen molar-refractivity contribution in [3.8, 4) is 0 Å². The lowest BCUT2D eigenvalue weighted by molar-refractivity contribution is 0.666. The first-order valence-electron chi connectivity index (χ1n) is 3.16. The zero-order chi connectivity index (χ0) is 7.11. The molecule has 0 saturated carbocycles. The summed E-state index contributed by atoms with van der Waals surface area (Å²) in [5.74, 6) is 1.16. The van der Waals surface area contributed by atoms with Crippen molar-refractivity contribution in [2.75, 3.05) is 12.0 Å². The van der Waals surface area contributed by atoms with Gasteiger partial charge < -0.3 is 5.73 Å². The molecule has 0 fully saturated rings. The highest BCUT2D eigenvalue weighted by atomic mass is 32.2. The third-order valence-electron chi connectivity index (χ3n) is 1.16. The van der Waals surface area contributed by atoms with Crippen molar-refractivity contribution >= 4 is 11.8 Å². The molecule has 0 amide bonds. The fraction of sp³-hybridized carbons (Fsp3) is 0.714. The average Bonchev–Trinajstić information content (AvgIpc) is 1.85. The summed E-state index contributed by atoms with van der Waals surface area (Å²) in [6.07, 6.45) is 6.03. The molecule has 1 atom stereocenters. The Morgan fingerprint density at radius 3 is 2.89 bits per heavy atom. The Morgan fingerprint density at radius 1 is 1.78 bits per heavy atom. The second-order valence-electron chi connectivity index (χ2n) is 2.07. The molecule has 2 heteroatoms. The summed E-state index contributed by atoms with van der Waals surface area (Å²) in [6.45, 7) is 3.62. The largest absolute Gasteiger partial charge is 0.327 e. The minimum Gasteiger partial charge on any atom is -0.327 e. The molecule has 0 bridgehead atoms. The van der Waals surface area contributed by atoms with Crippen LogP contribution >= 0.6 is 11.8 Å².